The maximum Gasteiger partial charge on any atom is 0.319 e. The van der Waals surface area contributed by atoms with Crippen LogP contribution in [0.3, 0.4) is 0 Å². The first kappa shape index (κ1) is 11.6. The number of pyridine rings is 1. The normalized spacial score (nSPS) is 10.2. The number of hydrogen-bond donors (Lipinski definition) is 3. The van der Waals surface area contributed by atoms with Crippen molar-refractivity contribution in [2.45, 2.75) is 6.54 Å². The van der Waals surface area contributed by atoms with Crippen molar-refractivity contribution in [2.24, 2.45) is 10.9 Å². The highest BCUT2D eigenvalue weighted by Gasteiger charge is 2.10. The van der Waals surface area contributed by atoms with E-state index in [0.29, 0.717) is 5.56 Å². The Bertz CT molecular complexity index is 431. The van der Waals surface area contributed by atoms with Gasteiger partial charge in [0, 0.05) is 6.07 Å². The molecule has 1 heterocycles. The van der Waals surface area contributed by atoms with Crippen LogP contribution in [0.1, 0.15) is 5.56 Å². The summed E-state index contributed by atoms with van der Waals surface area (Å²) in [6.07, 6.45) is 4.44. The van der Waals surface area contributed by atoms with Crippen molar-refractivity contribution >= 4 is 18.2 Å². The second-order valence-corrected chi connectivity index (χ2v) is 2.97. The SMILES string of the molecule is NC(=O)NC(=O)C[n+]1cccc(C=NO)c1. The van der Waals surface area contributed by atoms with Gasteiger partial charge >= 0.3 is 6.03 Å². The van der Waals surface area contributed by atoms with Crippen LogP contribution >= 0.6 is 0 Å². The third-order valence-corrected chi connectivity index (χ3v) is 1.68. The molecule has 3 amide bonds. The Kier molecular flexibility index (Phi) is 3.96. The van der Waals surface area contributed by atoms with E-state index in [0.717, 1.165) is 0 Å². The summed E-state index contributed by atoms with van der Waals surface area (Å²) >= 11 is 0. The molecule has 0 saturated carbocycles. The average molecular weight is 223 g/mol. The molecule has 7 nitrogen and oxygen atoms in total. The van der Waals surface area contributed by atoms with Gasteiger partial charge in [0.25, 0.3) is 5.91 Å². The number of carbonyl (C=O) groups is 2. The van der Waals surface area contributed by atoms with E-state index >= 15 is 0 Å². The molecule has 0 bridgehead atoms. The van der Waals surface area contributed by atoms with Crippen LogP contribution in [-0.4, -0.2) is 23.4 Å². The lowest BCUT2D eigenvalue weighted by Gasteiger charge is -1.97. The molecule has 0 radical (unpaired) electrons. The number of urea groups is 1. The monoisotopic (exact) mass is 223 g/mol. The first-order valence-corrected chi connectivity index (χ1v) is 4.37. The summed E-state index contributed by atoms with van der Waals surface area (Å²) < 4.78 is 1.52. The average Bonchev–Trinajstić information content (AvgIpc) is 2.17. The highest BCUT2D eigenvalue weighted by atomic mass is 16.4. The van der Waals surface area contributed by atoms with Gasteiger partial charge in [0.15, 0.2) is 12.4 Å². The Morgan fingerprint density at radius 3 is 3.00 bits per heavy atom. The van der Waals surface area contributed by atoms with Gasteiger partial charge in [-0.05, 0) is 6.07 Å². The van der Waals surface area contributed by atoms with Gasteiger partial charge in [-0.2, -0.15) is 4.57 Å². The zero-order chi connectivity index (χ0) is 12.0. The number of oxime groups is 1. The number of amides is 3. The van der Waals surface area contributed by atoms with E-state index in [-0.39, 0.29) is 6.54 Å². The number of nitrogens with one attached hydrogen (secondary N) is 1. The van der Waals surface area contributed by atoms with Gasteiger partial charge < -0.3 is 10.9 Å². The Hall–Kier alpha value is -2.44. The minimum Gasteiger partial charge on any atom is -0.411 e. The molecule has 0 fully saturated rings. The predicted molar refractivity (Wildman–Crippen MR) is 53.7 cm³/mol. The van der Waals surface area contributed by atoms with Crippen LogP contribution in [0.25, 0.3) is 0 Å². The van der Waals surface area contributed by atoms with Crippen LogP contribution in [0, 0.1) is 0 Å². The highest BCUT2D eigenvalue weighted by molar-refractivity contribution is 5.92. The second kappa shape index (κ2) is 5.44. The molecule has 1 aromatic rings. The number of aromatic nitrogens is 1. The van der Waals surface area contributed by atoms with Crippen LogP contribution in [0.2, 0.25) is 0 Å². The third kappa shape index (κ3) is 3.74. The number of imide groups is 1. The van der Waals surface area contributed by atoms with Crippen molar-refractivity contribution in [2.75, 3.05) is 0 Å². The van der Waals surface area contributed by atoms with E-state index < -0.39 is 11.9 Å². The Morgan fingerprint density at radius 2 is 2.38 bits per heavy atom. The van der Waals surface area contributed by atoms with Gasteiger partial charge in [-0.1, -0.05) is 5.16 Å². The molecule has 1 aromatic heterocycles. The fourth-order valence-corrected chi connectivity index (χ4v) is 1.13. The number of rotatable bonds is 3. The van der Waals surface area contributed by atoms with Gasteiger partial charge in [0.2, 0.25) is 6.54 Å². The Labute approximate surface area is 91.2 Å². The fraction of sp³-hybridized carbons (Fsp3) is 0.111. The van der Waals surface area contributed by atoms with E-state index in [1.165, 1.54) is 10.8 Å². The largest absolute Gasteiger partial charge is 0.411 e. The zero-order valence-corrected chi connectivity index (χ0v) is 8.33. The van der Waals surface area contributed by atoms with Crippen molar-refractivity contribution < 1.29 is 19.4 Å². The third-order valence-electron chi connectivity index (χ3n) is 1.68. The second-order valence-electron chi connectivity index (χ2n) is 2.97. The summed E-state index contributed by atoms with van der Waals surface area (Å²) in [4.78, 5) is 21.6. The smallest absolute Gasteiger partial charge is 0.319 e. The molecule has 0 aromatic carbocycles. The molecule has 0 spiro atoms. The Morgan fingerprint density at radius 1 is 1.62 bits per heavy atom. The molecule has 0 aliphatic rings. The lowest BCUT2D eigenvalue weighted by atomic mass is 10.3. The number of carbonyl (C=O) groups excluding carboxylic acids is 2. The van der Waals surface area contributed by atoms with Gasteiger partial charge in [-0.3, -0.25) is 10.1 Å². The molecule has 7 heteroatoms. The quantitative estimate of drug-likeness (QED) is 0.264. The molecule has 0 aliphatic carbocycles. The fourth-order valence-electron chi connectivity index (χ4n) is 1.13. The minimum absolute atomic E-state index is 0.0456. The molecular formula is C9H11N4O3+. The number of primary amides is 1. The number of nitrogens with zero attached hydrogens (tertiary/aromatic N) is 2. The van der Waals surface area contributed by atoms with E-state index in [1.807, 2.05) is 5.32 Å². The number of hydrogen-bond acceptors (Lipinski definition) is 4. The summed E-state index contributed by atoms with van der Waals surface area (Å²) in [6, 6.07) is 2.48. The van der Waals surface area contributed by atoms with E-state index in [1.54, 1.807) is 24.5 Å². The summed E-state index contributed by atoms with van der Waals surface area (Å²) in [5.74, 6) is -0.518. The predicted octanol–water partition coefficient (Wildman–Crippen LogP) is -1.02. The topological polar surface area (TPSA) is 109 Å². The summed E-state index contributed by atoms with van der Waals surface area (Å²) in [7, 11) is 0. The van der Waals surface area contributed by atoms with Crippen LogP contribution in [0.5, 0.6) is 0 Å². The molecule has 16 heavy (non-hydrogen) atoms. The molecule has 0 atom stereocenters. The lowest BCUT2D eigenvalue weighted by molar-refractivity contribution is -0.684. The molecule has 0 unspecified atom stereocenters. The summed E-state index contributed by atoms with van der Waals surface area (Å²) in [5, 5.41) is 13.1. The zero-order valence-electron chi connectivity index (χ0n) is 8.33. The van der Waals surface area contributed by atoms with Crippen LogP contribution < -0.4 is 15.6 Å². The molecule has 84 valence electrons. The molecule has 0 aliphatic heterocycles. The first-order chi connectivity index (χ1) is 7.61. The van der Waals surface area contributed by atoms with Gasteiger partial charge in [0.1, 0.15) is 0 Å². The summed E-state index contributed by atoms with van der Waals surface area (Å²) in [6.45, 7) is -0.0456. The van der Waals surface area contributed by atoms with Crippen molar-refractivity contribution in [3.8, 4) is 0 Å². The van der Waals surface area contributed by atoms with Gasteiger partial charge in [-0.25, -0.2) is 4.79 Å². The van der Waals surface area contributed by atoms with Crippen molar-refractivity contribution in [1.82, 2.24) is 5.32 Å². The van der Waals surface area contributed by atoms with E-state index in [2.05, 4.69) is 5.16 Å². The standard InChI is InChI=1S/C9H10N4O3/c10-9(15)12-8(14)6-13-3-1-2-7(5-13)4-11-16/h1-5H,6H2,(H3-,10,12,14,15,16)/p+1. The molecule has 0 saturated heterocycles. The molecule has 4 N–H and O–H groups in total. The molecule has 1 rings (SSSR count). The van der Waals surface area contributed by atoms with Crippen LogP contribution in [0.4, 0.5) is 4.79 Å². The van der Waals surface area contributed by atoms with Crippen LogP contribution in [0.15, 0.2) is 29.7 Å². The van der Waals surface area contributed by atoms with Crippen molar-refractivity contribution in [3.05, 3.63) is 30.1 Å². The van der Waals surface area contributed by atoms with Gasteiger partial charge in [0.05, 0.1) is 11.8 Å². The highest BCUT2D eigenvalue weighted by Crippen LogP contribution is 1.89. The van der Waals surface area contributed by atoms with E-state index in [9.17, 15) is 9.59 Å². The van der Waals surface area contributed by atoms with Crippen molar-refractivity contribution in [1.29, 1.82) is 0 Å². The Balaban J connectivity index is 2.70. The number of nitrogens with two attached hydrogens (primary N) is 1. The van der Waals surface area contributed by atoms with Gasteiger partial charge in [-0.15, -0.1) is 0 Å². The lowest BCUT2D eigenvalue weighted by Crippen LogP contribution is -2.45. The van der Waals surface area contributed by atoms with Crippen LogP contribution in [-0.2, 0) is 11.3 Å². The maximum atomic E-state index is 11.2. The summed E-state index contributed by atoms with van der Waals surface area (Å²) in [5.41, 5.74) is 5.41. The maximum absolute atomic E-state index is 11.2. The minimum atomic E-state index is -0.890. The van der Waals surface area contributed by atoms with E-state index in [4.69, 9.17) is 10.9 Å². The van der Waals surface area contributed by atoms with Crippen molar-refractivity contribution in [3.63, 3.8) is 0 Å². The first-order valence-electron chi connectivity index (χ1n) is 4.37. The molecular weight excluding hydrogens is 212 g/mol.